The van der Waals surface area contributed by atoms with Gasteiger partial charge in [0.25, 0.3) is 0 Å². The van der Waals surface area contributed by atoms with Crippen LogP contribution in [0.2, 0.25) is 0 Å². The van der Waals surface area contributed by atoms with Crippen LogP contribution < -0.4 is 4.74 Å². The molecular formula is C24H18N2O4S. The first-order chi connectivity index (χ1) is 15.1. The van der Waals surface area contributed by atoms with Crippen molar-refractivity contribution < 1.29 is 19.4 Å². The fourth-order valence-corrected chi connectivity index (χ4v) is 3.91. The number of carbonyl (C=O) groups is 2. The van der Waals surface area contributed by atoms with Gasteiger partial charge in [-0.15, -0.1) is 0 Å². The van der Waals surface area contributed by atoms with Crippen LogP contribution in [-0.4, -0.2) is 32.7 Å². The van der Waals surface area contributed by atoms with Crippen molar-refractivity contribution >= 4 is 40.1 Å². The van der Waals surface area contributed by atoms with Crippen molar-refractivity contribution in [2.75, 3.05) is 7.11 Å². The number of rotatable bonds is 7. The second-order valence-electron chi connectivity index (χ2n) is 6.85. The van der Waals surface area contributed by atoms with Gasteiger partial charge in [-0.2, -0.15) is 8.75 Å². The molecule has 0 saturated carbocycles. The number of benzene rings is 3. The number of Topliss-reactive ketones (excluding diaryl/α,β-unsaturated/α-hetero) is 1. The van der Waals surface area contributed by atoms with Crippen LogP contribution in [0.3, 0.4) is 0 Å². The van der Waals surface area contributed by atoms with Crippen LogP contribution in [0.1, 0.15) is 21.5 Å². The molecule has 1 aromatic heterocycles. The molecule has 1 N–H and O–H groups in total. The fourth-order valence-electron chi connectivity index (χ4n) is 3.40. The summed E-state index contributed by atoms with van der Waals surface area (Å²) in [6.07, 6.45) is 0.139. The molecule has 3 aromatic carbocycles. The number of methoxy groups -OCH3 is 1. The molecule has 154 valence electrons. The molecule has 0 saturated heterocycles. The number of aromatic nitrogens is 2. The van der Waals surface area contributed by atoms with Crippen LogP contribution in [0, 0.1) is 0 Å². The zero-order valence-corrected chi connectivity index (χ0v) is 17.4. The first-order valence-corrected chi connectivity index (χ1v) is 10.2. The van der Waals surface area contributed by atoms with Gasteiger partial charge < -0.3 is 9.84 Å². The molecule has 0 fully saturated rings. The zero-order chi connectivity index (χ0) is 21.8. The van der Waals surface area contributed by atoms with E-state index >= 15 is 0 Å². The van der Waals surface area contributed by atoms with Gasteiger partial charge in [0.2, 0.25) is 0 Å². The van der Waals surface area contributed by atoms with Gasteiger partial charge in [-0.1, -0.05) is 48.5 Å². The number of ketones is 1. The van der Waals surface area contributed by atoms with E-state index in [9.17, 15) is 14.7 Å². The largest absolute Gasteiger partial charge is 0.497 e. The Morgan fingerprint density at radius 1 is 0.903 bits per heavy atom. The summed E-state index contributed by atoms with van der Waals surface area (Å²) in [6.45, 7) is 0. The Morgan fingerprint density at radius 2 is 1.68 bits per heavy atom. The monoisotopic (exact) mass is 430 g/mol. The summed E-state index contributed by atoms with van der Waals surface area (Å²) >= 11 is 1.06. The number of fused-ring (bicyclic) bond motifs is 1. The number of carboxylic acids is 1. The normalized spacial score (nSPS) is 11.8. The minimum atomic E-state index is -1.18. The highest BCUT2D eigenvalue weighted by Crippen LogP contribution is 2.28. The second-order valence-corrected chi connectivity index (χ2v) is 7.38. The van der Waals surface area contributed by atoms with Crippen molar-refractivity contribution in [3.63, 3.8) is 0 Å². The molecule has 6 nitrogen and oxygen atoms in total. The standard InChI is InChI=1S/C24H18N2O4S/c1-30-18-9-5-6-15(12-18)13-19(23(27)16-7-3-2-4-8-16)22(24(28)29)17-10-11-20-21(14-17)26-31-25-20/h2-12,14H,13H2,1H3,(H,28,29). The van der Waals surface area contributed by atoms with Crippen molar-refractivity contribution in [1.29, 1.82) is 0 Å². The van der Waals surface area contributed by atoms with Gasteiger partial charge in [0.05, 0.1) is 24.4 Å². The topological polar surface area (TPSA) is 89.4 Å². The lowest BCUT2D eigenvalue weighted by Crippen LogP contribution is -2.14. The Kier molecular flexibility index (Phi) is 5.86. The molecule has 0 aliphatic carbocycles. The Balaban J connectivity index is 1.91. The van der Waals surface area contributed by atoms with Crippen molar-refractivity contribution in [3.8, 4) is 5.75 Å². The number of carbonyl (C=O) groups excluding carboxylic acids is 1. The van der Waals surface area contributed by atoms with Gasteiger partial charge in [-0.25, -0.2) is 4.79 Å². The lowest BCUT2D eigenvalue weighted by Gasteiger charge is -2.13. The quantitative estimate of drug-likeness (QED) is 0.339. The molecule has 4 aromatic rings. The van der Waals surface area contributed by atoms with Gasteiger partial charge in [-0.3, -0.25) is 4.79 Å². The summed E-state index contributed by atoms with van der Waals surface area (Å²) in [5.41, 5.74) is 3.02. The smallest absolute Gasteiger partial charge is 0.336 e. The van der Waals surface area contributed by atoms with Gasteiger partial charge in [0, 0.05) is 17.6 Å². The van der Waals surface area contributed by atoms with Gasteiger partial charge >= 0.3 is 5.97 Å². The van der Waals surface area contributed by atoms with E-state index < -0.39 is 5.97 Å². The summed E-state index contributed by atoms with van der Waals surface area (Å²) in [6, 6.07) is 21.0. The Hall–Kier alpha value is -3.84. The molecule has 0 spiro atoms. The molecule has 0 atom stereocenters. The third-order valence-corrected chi connectivity index (χ3v) is 5.44. The van der Waals surface area contributed by atoms with Crippen LogP contribution >= 0.6 is 11.7 Å². The van der Waals surface area contributed by atoms with E-state index in [0.717, 1.165) is 17.3 Å². The van der Waals surface area contributed by atoms with Crippen LogP contribution in [0.25, 0.3) is 16.6 Å². The summed E-state index contributed by atoms with van der Waals surface area (Å²) < 4.78 is 13.7. The molecule has 0 radical (unpaired) electrons. The van der Waals surface area contributed by atoms with Gasteiger partial charge in [0.15, 0.2) is 5.78 Å². The molecule has 0 aliphatic rings. The molecule has 1 heterocycles. The average molecular weight is 430 g/mol. The third-order valence-electron chi connectivity index (χ3n) is 4.88. The van der Waals surface area contributed by atoms with Crippen molar-refractivity contribution in [3.05, 3.63) is 95.1 Å². The molecule has 31 heavy (non-hydrogen) atoms. The molecule has 0 unspecified atom stereocenters. The van der Waals surface area contributed by atoms with E-state index in [0.29, 0.717) is 27.9 Å². The van der Waals surface area contributed by atoms with E-state index in [2.05, 4.69) is 8.75 Å². The maximum Gasteiger partial charge on any atom is 0.336 e. The minimum Gasteiger partial charge on any atom is -0.497 e. The summed E-state index contributed by atoms with van der Waals surface area (Å²) in [5, 5.41) is 10.1. The van der Waals surface area contributed by atoms with E-state index in [-0.39, 0.29) is 23.4 Å². The predicted molar refractivity (Wildman–Crippen MR) is 119 cm³/mol. The first kappa shape index (κ1) is 20.4. The first-order valence-electron chi connectivity index (χ1n) is 9.48. The SMILES string of the molecule is COc1cccc(CC(C(=O)c2ccccc2)=C(C(=O)O)c2ccc3nsnc3c2)c1. The van der Waals surface area contributed by atoms with E-state index in [1.165, 1.54) is 0 Å². The number of allylic oxidation sites excluding steroid dienone is 1. The van der Waals surface area contributed by atoms with E-state index in [1.54, 1.807) is 61.7 Å². The Labute approximate surface area is 182 Å². The molecule has 0 bridgehead atoms. The molecule has 0 aliphatic heterocycles. The maximum absolute atomic E-state index is 13.5. The molecule has 0 amide bonds. The van der Waals surface area contributed by atoms with Crippen LogP contribution in [0.5, 0.6) is 5.75 Å². The second kappa shape index (κ2) is 8.89. The highest BCUT2D eigenvalue weighted by atomic mass is 32.1. The van der Waals surface area contributed by atoms with Crippen LogP contribution in [-0.2, 0) is 11.2 Å². The maximum atomic E-state index is 13.5. The highest BCUT2D eigenvalue weighted by molar-refractivity contribution is 7.00. The third kappa shape index (κ3) is 4.36. The molecule has 4 rings (SSSR count). The zero-order valence-electron chi connectivity index (χ0n) is 16.6. The van der Waals surface area contributed by atoms with E-state index in [1.807, 2.05) is 18.2 Å². The highest BCUT2D eigenvalue weighted by Gasteiger charge is 2.24. The number of hydrogen-bond donors (Lipinski definition) is 1. The van der Waals surface area contributed by atoms with Crippen LogP contribution in [0.4, 0.5) is 0 Å². The lowest BCUT2D eigenvalue weighted by molar-refractivity contribution is -0.130. The number of hydrogen-bond acceptors (Lipinski definition) is 6. The fraction of sp³-hybridized carbons (Fsp3) is 0.0833. The number of ether oxygens (including phenoxy) is 1. The molecule has 7 heteroatoms. The summed E-state index contributed by atoms with van der Waals surface area (Å²) in [4.78, 5) is 25.9. The van der Waals surface area contributed by atoms with Gasteiger partial charge in [-0.05, 0) is 35.4 Å². The lowest BCUT2D eigenvalue weighted by atomic mass is 9.89. The summed E-state index contributed by atoms with van der Waals surface area (Å²) in [7, 11) is 1.56. The van der Waals surface area contributed by atoms with Gasteiger partial charge in [0.1, 0.15) is 16.8 Å². The Bertz CT molecular complexity index is 1300. The summed E-state index contributed by atoms with van der Waals surface area (Å²) in [5.74, 6) is -0.877. The minimum absolute atomic E-state index is 0.0495. The van der Waals surface area contributed by atoms with Crippen molar-refractivity contribution in [2.45, 2.75) is 6.42 Å². The molecular weight excluding hydrogens is 412 g/mol. The van der Waals surface area contributed by atoms with Crippen molar-refractivity contribution in [1.82, 2.24) is 8.75 Å². The van der Waals surface area contributed by atoms with Crippen molar-refractivity contribution in [2.24, 2.45) is 0 Å². The average Bonchev–Trinajstić information content (AvgIpc) is 3.27. The number of aliphatic carboxylic acids is 1. The predicted octanol–water partition coefficient (Wildman–Crippen LogP) is 4.66. The number of carboxylic acid groups (broad SMARTS) is 1. The number of nitrogens with zero attached hydrogens (tertiary/aromatic N) is 2. The van der Waals surface area contributed by atoms with Crippen LogP contribution in [0.15, 0.2) is 78.4 Å². The van der Waals surface area contributed by atoms with E-state index in [4.69, 9.17) is 4.74 Å². The Morgan fingerprint density at radius 3 is 2.42 bits per heavy atom.